The Labute approximate surface area is 185 Å². The number of Topliss-reactive ketones (excluding diaryl/α,β-unsaturated/α-hetero) is 1. The number of allylic oxidation sites excluding steroid dienone is 4. The van der Waals surface area contributed by atoms with Gasteiger partial charge in [0.15, 0.2) is 11.6 Å². The summed E-state index contributed by atoms with van der Waals surface area (Å²) in [6, 6.07) is 0. The number of fused-ring (bicyclic) bond motifs is 5. The van der Waals surface area contributed by atoms with Gasteiger partial charge in [-0.2, -0.15) is 0 Å². The normalized spacial score (nSPS) is 45.0. The van der Waals surface area contributed by atoms with Crippen molar-refractivity contribution in [3.05, 3.63) is 22.8 Å². The summed E-state index contributed by atoms with van der Waals surface area (Å²) >= 11 is 6.61. The van der Waals surface area contributed by atoms with Gasteiger partial charge in [0.1, 0.15) is 11.7 Å². The minimum absolute atomic E-state index is 0.0147. The van der Waals surface area contributed by atoms with Crippen molar-refractivity contribution in [3.8, 4) is 0 Å². The second kappa shape index (κ2) is 7.24. The number of carboxylic acid groups (broad SMARTS) is 1. The summed E-state index contributed by atoms with van der Waals surface area (Å²) < 4.78 is 0. The van der Waals surface area contributed by atoms with Gasteiger partial charge in [-0.3, -0.25) is 14.4 Å². The highest BCUT2D eigenvalue weighted by Crippen LogP contribution is 2.67. The van der Waals surface area contributed by atoms with Crippen molar-refractivity contribution in [2.75, 3.05) is 0 Å². The highest BCUT2D eigenvalue weighted by Gasteiger charge is 2.68. The highest BCUT2D eigenvalue weighted by atomic mass is 35.5. The predicted molar refractivity (Wildman–Crippen MR) is 111 cm³/mol. The molecule has 2 fully saturated rings. The molecule has 0 saturated heterocycles. The third-order valence-electron chi connectivity index (χ3n) is 8.73. The molecule has 0 aromatic carbocycles. The molecule has 0 heterocycles. The molecule has 4 N–H and O–H groups in total. The molecule has 0 amide bonds. The van der Waals surface area contributed by atoms with E-state index in [1.54, 1.807) is 13.0 Å². The van der Waals surface area contributed by atoms with Gasteiger partial charge in [0.05, 0.1) is 12.5 Å². The number of ketones is 2. The summed E-state index contributed by atoms with van der Waals surface area (Å²) in [5, 5.41) is 42.4. The molecule has 4 aliphatic carbocycles. The number of rotatable bonds is 4. The monoisotopic (exact) mass is 452 g/mol. The summed E-state index contributed by atoms with van der Waals surface area (Å²) in [6.07, 6.45) is 1.66. The van der Waals surface area contributed by atoms with Gasteiger partial charge >= 0.3 is 5.97 Å². The third kappa shape index (κ3) is 3.08. The third-order valence-corrected chi connectivity index (χ3v) is 9.06. The van der Waals surface area contributed by atoms with E-state index < -0.39 is 46.8 Å². The zero-order chi connectivity index (χ0) is 22.9. The fourth-order valence-corrected chi connectivity index (χ4v) is 7.57. The topological polar surface area (TPSA) is 132 Å². The quantitative estimate of drug-likeness (QED) is 0.512. The average molecular weight is 453 g/mol. The number of aliphatic hydroxyl groups is 3. The molecule has 0 bridgehead atoms. The first-order chi connectivity index (χ1) is 14.3. The lowest BCUT2D eigenvalue weighted by Gasteiger charge is -2.59. The van der Waals surface area contributed by atoms with Crippen molar-refractivity contribution < 1.29 is 34.8 Å². The molecule has 4 aliphatic rings. The van der Waals surface area contributed by atoms with Crippen molar-refractivity contribution in [2.24, 2.45) is 28.6 Å². The Hall–Kier alpha value is -1.54. The van der Waals surface area contributed by atoms with Crippen LogP contribution in [0.1, 0.15) is 52.4 Å². The van der Waals surface area contributed by atoms with E-state index in [0.29, 0.717) is 24.3 Å². The first kappa shape index (κ1) is 22.6. The van der Waals surface area contributed by atoms with E-state index in [1.807, 2.05) is 13.0 Å². The molecule has 8 atom stereocenters. The Morgan fingerprint density at radius 1 is 1.29 bits per heavy atom. The van der Waals surface area contributed by atoms with Gasteiger partial charge in [-0.15, -0.1) is 0 Å². The van der Waals surface area contributed by atoms with Crippen LogP contribution in [0.25, 0.3) is 0 Å². The molecule has 8 heteroatoms. The molecule has 170 valence electrons. The van der Waals surface area contributed by atoms with Crippen LogP contribution in [0.4, 0.5) is 0 Å². The largest absolute Gasteiger partial charge is 0.481 e. The molecule has 0 aromatic rings. The fraction of sp³-hybridized carbons (Fsp3) is 0.696. The van der Waals surface area contributed by atoms with Crippen LogP contribution in [-0.4, -0.2) is 55.8 Å². The molecule has 0 radical (unpaired) electrons. The maximum Gasteiger partial charge on any atom is 0.306 e. The van der Waals surface area contributed by atoms with Gasteiger partial charge in [0, 0.05) is 28.2 Å². The minimum atomic E-state index is -1.93. The first-order valence-corrected chi connectivity index (χ1v) is 11.2. The SMILES string of the molecule is C[C@]12CCC(=O)C=C1C(Cl)=C[C@@H]1[C@@H]2C(O)C[C@@]2(C)[C@H]1CC[C@]2(O)C(=O)C(O)CC(=O)O. The molecule has 4 rings (SSSR count). The Morgan fingerprint density at radius 2 is 1.97 bits per heavy atom. The van der Waals surface area contributed by atoms with Crippen molar-refractivity contribution in [1.29, 1.82) is 0 Å². The molecule has 0 aliphatic heterocycles. The summed E-state index contributed by atoms with van der Waals surface area (Å²) in [6.45, 7) is 3.77. The number of hydrogen-bond donors (Lipinski definition) is 4. The van der Waals surface area contributed by atoms with E-state index in [1.165, 1.54) is 0 Å². The standard InChI is InChI=1S/C23H29ClO7/c1-21-5-3-11(25)7-14(21)15(24)8-12-13-4-6-23(31,20(30)16(26)9-18(28)29)22(13,2)10-17(27)19(12)21/h7-8,12-13,16-17,19,26-27,31H,3-6,9-10H2,1-2H3,(H,28,29)/t12-,13-,16?,17?,19+,21-,22-,23-/m0/s1. The van der Waals surface area contributed by atoms with Crippen LogP contribution < -0.4 is 0 Å². The minimum Gasteiger partial charge on any atom is -0.481 e. The van der Waals surface area contributed by atoms with Crippen LogP contribution in [0.2, 0.25) is 0 Å². The van der Waals surface area contributed by atoms with E-state index >= 15 is 0 Å². The van der Waals surface area contributed by atoms with Crippen LogP contribution in [0.3, 0.4) is 0 Å². The number of hydrogen-bond acceptors (Lipinski definition) is 6. The van der Waals surface area contributed by atoms with Crippen LogP contribution >= 0.6 is 11.6 Å². The second-order valence-electron chi connectivity index (χ2n) is 10.2. The summed E-state index contributed by atoms with van der Waals surface area (Å²) in [7, 11) is 0. The van der Waals surface area contributed by atoms with Crippen molar-refractivity contribution in [1.82, 2.24) is 0 Å². The van der Waals surface area contributed by atoms with Gasteiger partial charge in [-0.05, 0) is 49.2 Å². The van der Waals surface area contributed by atoms with Crippen LogP contribution in [0.15, 0.2) is 22.8 Å². The maximum absolute atomic E-state index is 13.0. The van der Waals surface area contributed by atoms with E-state index in [-0.39, 0.29) is 36.4 Å². The fourth-order valence-electron chi connectivity index (χ4n) is 7.15. The van der Waals surface area contributed by atoms with E-state index in [2.05, 4.69) is 0 Å². The lowest BCUT2D eigenvalue weighted by Crippen LogP contribution is -2.62. The number of carboxylic acids is 1. The van der Waals surface area contributed by atoms with Crippen LogP contribution in [0, 0.1) is 28.6 Å². The lowest BCUT2D eigenvalue weighted by molar-refractivity contribution is -0.180. The molecule has 2 unspecified atom stereocenters. The Balaban J connectivity index is 1.75. The second-order valence-corrected chi connectivity index (χ2v) is 10.6. The number of carbonyl (C=O) groups is 3. The molecule has 2 saturated carbocycles. The number of halogens is 1. The van der Waals surface area contributed by atoms with E-state index in [4.69, 9.17) is 16.7 Å². The molecule has 7 nitrogen and oxygen atoms in total. The molecule has 0 spiro atoms. The van der Waals surface area contributed by atoms with Crippen molar-refractivity contribution in [3.63, 3.8) is 0 Å². The van der Waals surface area contributed by atoms with Gasteiger partial charge in [-0.1, -0.05) is 31.5 Å². The number of aliphatic carboxylic acids is 1. The number of carbonyl (C=O) groups excluding carboxylic acids is 2. The molecular formula is C23H29ClO7. The van der Waals surface area contributed by atoms with Crippen molar-refractivity contribution >= 4 is 29.1 Å². The molecule has 0 aromatic heterocycles. The summed E-state index contributed by atoms with van der Waals surface area (Å²) in [5.74, 6) is -2.82. The highest BCUT2D eigenvalue weighted by molar-refractivity contribution is 6.32. The van der Waals surface area contributed by atoms with Gasteiger partial charge in [0.2, 0.25) is 0 Å². The maximum atomic E-state index is 13.0. The summed E-state index contributed by atoms with van der Waals surface area (Å²) in [4.78, 5) is 36.0. The van der Waals surface area contributed by atoms with Gasteiger partial charge in [-0.25, -0.2) is 0 Å². The zero-order valence-corrected chi connectivity index (χ0v) is 18.4. The summed E-state index contributed by atoms with van der Waals surface area (Å²) in [5.41, 5.74) is -2.72. The van der Waals surface area contributed by atoms with E-state index in [0.717, 1.165) is 5.57 Å². The molecule has 31 heavy (non-hydrogen) atoms. The Morgan fingerprint density at radius 3 is 2.61 bits per heavy atom. The predicted octanol–water partition coefficient (Wildman–Crippen LogP) is 1.97. The lowest BCUT2D eigenvalue weighted by atomic mass is 9.47. The first-order valence-electron chi connectivity index (χ1n) is 10.8. The smallest absolute Gasteiger partial charge is 0.306 e. The zero-order valence-electron chi connectivity index (χ0n) is 17.7. The number of aliphatic hydroxyl groups excluding tert-OH is 2. The van der Waals surface area contributed by atoms with Crippen LogP contribution in [-0.2, 0) is 14.4 Å². The van der Waals surface area contributed by atoms with E-state index in [9.17, 15) is 29.7 Å². The average Bonchev–Trinajstić information content (AvgIpc) is 2.93. The van der Waals surface area contributed by atoms with Crippen LogP contribution in [0.5, 0.6) is 0 Å². The van der Waals surface area contributed by atoms with Gasteiger partial charge < -0.3 is 20.4 Å². The van der Waals surface area contributed by atoms with Gasteiger partial charge in [0.25, 0.3) is 0 Å². The Bertz CT molecular complexity index is 910. The molecular weight excluding hydrogens is 424 g/mol. The van der Waals surface area contributed by atoms with Crippen molar-refractivity contribution in [2.45, 2.75) is 70.2 Å². The Kier molecular flexibility index (Phi) is 5.29.